The zero-order valence-electron chi connectivity index (χ0n) is 15.6. The van der Waals surface area contributed by atoms with E-state index in [0.717, 1.165) is 19.3 Å². The van der Waals surface area contributed by atoms with E-state index in [9.17, 15) is 0 Å². The summed E-state index contributed by atoms with van der Waals surface area (Å²) in [4.78, 5) is 0. The molecule has 0 amide bonds. The third kappa shape index (κ3) is 4.24. The number of benzene rings is 3. The first-order valence-corrected chi connectivity index (χ1v) is 11.2. The standard InChI is InChI=1S/3C8H9.Al/c3*1-2-8-6-4-3-5-7-8;/h3*4-7H,2H2,1H3;. The number of hydrogen-bond donors (Lipinski definition) is 0. The molecule has 0 aromatic heterocycles. The van der Waals surface area contributed by atoms with Crippen LogP contribution in [-0.2, 0) is 19.3 Å². The molecular formula is C24H27Al. The van der Waals surface area contributed by atoms with Crippen LogP contribution in [0.25, 0.3) is 0 Å². The van der Waals surface area contributed by atoms with Crippen molar-refractivity contribution in [3.8, 4) is 0 Å². The van der Waals surface area contributed by atoms with Gasteiger partial charge in [-0.3, -0.25) is 0 Å². The SMILES string of the molecule is CCc1cc[c]([Al]([c]2ccc(CC)cc2)[c]2ccc(CC)cc2)cc1. The molecule has 0 saturated heterocycles. The lowest BCUT2D eigenvalue weighted by Crippen LogP contribution is -2.51. The zero-order valence-corrected chi connectivity index (χ0v) is 16.8. The van der Waals surface area contributed by atoms with Gasteiger partial charge in [-0.2, -0.15) is 0 Å². The lowest BCUT2D eigenvalue weighted by atomic mass is 10.2. The van der Waals surface area contributed by atoms with Crippen LogP contribution in [0, 0.1) is 0 Å². The Hall–Kier alpha value is -1.81. The van der Waals surface area contributed by atoms with Crippen molar-refractivity contribution >= 4 is 27.4 Å². The lowest BCUT2D eigenvalue weighted by molar-refractivity contribution is 1.14. The maximum atomic E-state index is 2.36. The minimum absolute atomic E-state index is 1.10. The van der Waals surface area contributed by atoms with Gasteiger partial charge in [-0.15, -0.1) is 0 Å². The van der Waals surface area contributed by atoms with Gasteiger partial charge in [0.05, 0.1) is 0 Å². The van der Waals surface area contributed by atoms with E-state index in [1.54, 1.807) is 0 Å². The van der Waals surface area contributed by atoms with Crippen LogP contribution in [0.1, 0.15) is 37.5 Å². The van der Waals surface area contributed by atoms with E-state index in [1.165, 1.54) is 30.0 Å². The fourth-order valence-corrected chi connectivity index (χ4v) is 6.30. The van der Waals surface area contributed by atoms with Crippen molar-refractivity contribution in [2.24, 2.45) is 0 Å². The van der Waals surface area contributed by atoms with Crippen LogP contribution < -0.4 is 13.3 Å². The zero-order chi connectivity index (χ0) is 17.6. The molecule has 1 heteroatoms. The molecule has 0 unspecified atom stereocenters. The largest absolute Gasteiger partial charge is 0.383 e. The summed E-state index contributed by atoms with van der Waals surface area (Å²) < 4.78 is 4.52. The Kier molecular flexibility index (Phi) is 6.14. The Bertz CT molecular complexity index is 670. The molecule has 0 bridgehead atoms. The van der Waals surface area contributed by atoms with Crippen LogP contribution in [0.4, 0.5) is 0 Å². The van der Waals surface area contributed by atoms with Gasteiger partial charge in [-0.05, 0) is 36.0 Å². The highest BCUT2D eigenvalue weighted by Crippen LogP contribution is 2.04. The molecule has 0 aliphatic rings. The van der Waals surface area contributed by atoms with Gasteiger partial charge in [0, 0.05) is 0 Å². The smallest absolute Gasteiger partial charge is 0.0986 e. The van der Waals surface area contributed by atoms with Crippen LogP contribution in [0.2, 0.25) is 0 Å². The molecule has 3 rings (SSSR count). The van der Waals surface area contributed by atoms with Gasteiger partial charge >= 0.3 is 14.1 Å². The highest BCUT2D eigenvalue weighted by Gasteiger charge is 2.24. The molecular weight excluding hydrogens is 315 g/mol. The Morgan fingerprint density at radius 1 is 0.440 bits per heavy atom. The Balaban J connectivity index is 2.04. The Labute approximate surface area is 156 Å². The minimum atomic E-state index is -1.40. The predicted molar refractivity (Wildman–Crippen MR) is 112 cm³/mol. The Morgan fingerprint density at radius 3 is 0.880 bits per heavy atom. The van der Waals surface area contributed by atoms with Gasteiger partial charge in [-0.25, -0.2) is 0 Å². The van der Waals surface area contributed by atoms with E-state index in [4.69, 9.17) is 0 Å². The first-order valence-electron chi connectivity index (χ1n) is 9.51. The Morgan fingerprint density at radius 2 is 0.680 bits per heavy atom. The van der Waals surface area contributed by atoms with Crippen molar-refractivity contribution in [2.45, 2.75) is 40.0 Å². The third-order valence-electron chi connectivity index (χ3n) is 5.16. The van der Waals surface area contributed by atoms with Gasteiger partial charge in [0.1, 0.15) is 0 Å². The summed E-state index contributed by atoms with van der Waals surface area (Å²) in [6.45, 7) is 6.66. The summed E-state index contributed by atoms with van der Waals surface area (Å²) in [5, 5.41) is 0. The lowest BCUT2D eigenvalue weighted by Gasteiger charge is -2.15. The van der Waals surface area contributed by atoms with Gasteiger partial charge in [0.15, 0.2) is 0 Å². The second-order valence-electron chi connectivity index (χ2n) is 6.72. The molecule has 0 radical (unpaired) electrons. The summed E-state index contributed by atoms with van der Waals surface area (Å²) in [6.07, 6.45) is 3.30. The topological polar surface area (TPSA) is 0 Å². The first kappa shape index (κ1) is 18.0. The molecule has 126 valence electrons. The molecule has 3 aromatic carbocycles. The number of rotatable bonds is 6. The van der Waals surface area contributed by atoms with Crippen molar-refractivity contribution in [2.75, 3.05) is 0 Å². The van der Waals surface area contributed by atoms with Gasteiger partial charge in [-0.1, -0.05) is 107 Å². The molecule has 25 heavy (non-hydrogen) atoms. The molecule has 0 N–H and O–H groups in total. The third-order valence-corrected chi connectivity index (χ3v) is 8.32. The molecule has 0 nitrogen and oxygen atoms in total. The van der Waals surface area contributed by atoms with Crippen molar-refractivity contribution in [3.63, 3.8) is 0 Å². The monoisotopic (exact) mass is 342 g/mol. The van der Waals surface area contributed by atoms with Crippen LogP contribution in [-0.4, -0.2) is 14.1 Å². The molecule has 0 spiro atoms. The average Bonchev–Trinajstić information content (AvgIpc) is 2.70. The van der Waals surface area contributed by atoms with Crippen LogP contribution in [0.3, 0.4) is 0 Å². The maximum Gasteiger partial charge on any atom is 0.383 e. The molecule has 0 saturated carbocycles. The van der Waals surface area contributed by atoms with Crippen molar-refractivity contribution < 1.29 is 0 Å². The first-order chi connectivity index (χ1) is 12.2. The van der Waals surface area contributed by atoms with E-state index in [0.29, 0.717) is 0 Å². The second kappa shape index (κ2) is 8.53. The van der Waals surface area contributed by atoms with E-state index in [-0.39, 0.29) is 0 Å². The van der Waals surface area contributed by atoms with Crippen LogP contribution in [0.15, 0.2) is 72.8 Å². The van der Waals surface area contributed by atoms with Gasteiger partial charge < -0.3 is 0 Å². The quantitative estimate of drug-likeness (QED) is 0.596. The summed E-state index contributed by atoms with van der Waals surface area (Å²) in [7, 11) is 0. The summed E-state index contributed by atoms with van der Waals surface area (Å²) in [5.74, 6) is 0. The summed E-state index contributed by atoms with van der Waals surface area (Å²) in [6, 6.07) is 28.0. The number of hydrogen-bond acceptors (Lipinski definition) is 0. The number of aryl methyl sites for hydroxylation is 3. The fraction of sp³-hybridized carbons (Fsp3) is 0.250. The summed E-state index contributed by atoms with van der Waals surface area (Å²) >= 11 is -1.40. The van der Waals surface area contributed by atoms with E-state index < -0.39 is 14.1 Å². The molecule has 0 fully saturated rings. The minimum Gasteiger partial charge on any atom is -0.0986 e. The molecule has 3 aromatic rings. The molecule has 0 aliphatic heterocycles. The normalized spacial score (nSPS) is 10.7. The summed E-state index contributed by atoms with van der Waals surface area (Å²) in [5.41, 5.74) is 4.25. The van der Waals surface area contributed by atoms with E-state index in [1.807, 2.05) is 0 Å². The van der Waals surface area contributed by atoms with Gasteiger partial charge in [0.25, 0.3) is 0 Å². The highest BCUT2D eigenvalue weighted by molar-refractivity contribution is 6.95. The van der Waals surface area contributed by atoms with Crippen molar-refractivity contribution in [3.05, 3.63) is 89.5 Å². The van der Waals surface area contributed by atoms with Crippen molar-refractivity contribution in [1.29, 1.82) is 0 Å². The molecule has 0 aliphatic carbocycles. The van der Waals surface area contributed by atoms with E-state index in [2.05, 4.69) is 93.6 Å². The van der Waals surface area contributed by atoms with E-state index >= 15 is 0 Å². The van der Waals surface area contributed by atoms with Crippen LogP contribution >= 0.6 is 0 Å². The van der Waals surface area contributed by atoms with Crippen molar-refractivity contribution in [1.82, 2.24) is 0 Å². The molecule has 0 atom stereocenters. The maximum absolute atomic E-state index is 2.36. The predicted octanol–water partition coefficient (Wildman–Crippen LogP) is 3.89. The average molecular weight is 342 g/mol. The van der Waals surface area contributed by atoms with Crippen LogP contribution in [0.5, 0.6) is 0 Å². The molecule has 0 heterocycles. The van der Waals surface area contributed by atoms with Gasteiger partial charge in [0.2, 0.25) is 0 Å². The highest BCUT2D eigenvalue weighted by atomic mass is 27.2. The second-order valence-corrected chi connectivity index (χ2v) is 9.58. The fourth-order valence-electron chi connectivity index (χ4n) is 3.41.